The number of anilines is 2. The van der Waals surface area contributed by atoms with E-state index in [0.29, 0.717) is 31.2 Å². The fraction of sp³-hybridized carbons (Fsp3) is 0.481. The Balaban J connectivity index is 1.49. The van der Waals surface area contributed by atoms with Crippen LogP contribution < -0.4 is 4.90 Å². The highest BCUT2D eigenvalue weighted by atomic mass is 16.5. The third-order valence-electron chi connectivity index (χ3n) is 7.93. The Hall–Kier alpha value is -3.64. The molecule has 5 heterocycles. The van der Waals surface area contributed by atoms with Gasteiger partial charge in [0, 0.05) is 74.4 Å². The Morgan fingerprint density at radius 1 is 1.25 bits per heavy atom. The van der Waals surface area contributed by atoms with E-state index >= 15 is 0 Å². The largest absolute Gasteiger partial charge is 0.379 e. The number of aryl methyl sites for hydroxylation is 1. The van der Waals surface area contributed by atoms with Gasteiger partial charge in [-0.05, 0) is 36.5 Å². The van der Waals surface area contributed by atoms with Crippen LogP contribution in [0.15, 0.2) is 24.5 Å². The highest BCUT2D eigenvalue weighted by molar-refractivity contribution is 5.79. The number of hydrogen-bond acceptors (Lipinski definition) is 6. The van der Waals surface area contributed by atoms with Crippen LogP contribution in [0.2, 0.25) is 0 Å². The standard InChI is InChI=1S/C27H31N7O2/c1-17-4-8-33(26-10-19(12-28)23(11-22(17)26)20-13-29-31(3)14-20)27-24-15-32(18(2)35)7-5-25(24)34(30-27)21-6-9-36-16-21/h10-11,13-14,17,21H,4-9,15-16H2,1-3H3. The van der Waals surface area contributed by atoms with Crippen molar-refractivity contribution in [2.24, 2.45) is 7.05 Å². The van der Waals surface area contributed by atoms with Gasteiger partial charge < -0.3 is 14.5 Å². The van der Waals surface area contributed by atoms with Crippen LogP contribution in [0.1, 0.15) is 61.0 Å². The molecular formula is C27H31N7O2. The second kappa shape index (κ2) is 8.79. The van der Waals surface area contributed by atoms with Crippen molar-refractivity contribution >= 4 is 17.4 Å². The lowest BCUT2D eigenvalue weighted by Crippen LogP contribution is -2.36. The van der Waals surface area contributed by atoms with Crippen molar-refractivity contribution in [1.82, 2.24) is 24.5 Å². The molecule has 0 aliphatic carbocycles. The van der Waals surface area contributed by atoms with E-state index in [1.54, 1.807) is 11.6 Å². The fourth-order valence-corrected chi connectivity index (χ4v) is 5.87. The molecule has 6 rings (SSSR count). The molecule has 3 aromatic rings. The molecule has 2 aromatic heterocycles. The lowest BCUT2D eigenvalue weighted by atomic mass is 9.87. The van der Waals surface area contributed by atoms with Crippen LogP contribution in [0.25, 0.3) is 11.1 Å². The molecule has 0 N–H and O–H groups in total. The first-order chi connectivity index (χ1) is 17.4. The number of nitriles is 1. The number of nitrogens with zero attached hydrogens (tertiary/aromatic N) is 7. The van der Waals surface area contributed by atoms with Gasteiger partial charge in [0.15, 0.2) is 5.82 Å². The molecule has 186 valence electrons. The summed E-state index contributed by atoms with van der Waals surface area (Å²) >= 11 is 0. The fourth-order valence-electron chi connectivity index (χ4n) is 5.87. The normalized spacial score (nSPS) is 21.3. The van der Waals surface area contributed by atoms with Gasteiger partial charge in [-0.15, -0.1) is 0 Å². The Morgan fingerprint density at radius 3 is 2.81 bits per heavy atom. The molecule has 3 aliphatic rings. The number of benzene rings is 1. The van der Waals surface area contributed by atoms with E-state index in [0.717, 1.165) is 60.6 Å². The number of carbonyl (C=O) groups excluding carboxylic acids is 1. The lowest BCUT2D eigenvalue weighted by Gasteiger charge is -2.35. The van der Waals surface area contributed by atoms with Crippen molar-refractivity contribution in [2.75, 3.05) is 31.2 Å². The van der Waals surface area contributed by atoms with Crippen LogP contribution in [0.4, 0.5) is 11.5 Å². The smallest absolute Gasteiger partial charge is 0.219 e. The van der Waals surface area contributed by atoms with Crippen molar-refractivity contribution in [3.63, 3.8) is 0 Å². The van der Waals surface area contributed by atoms with E-state index < -0.39 is 0 Å². The topological polar surface area (TPSA) is 92.2 Å². The zero-order valence-corrected chi connectivity index (χ0v) is 21.1. The molecule has 9 nitrogen and oxygen atoms in total. The third kappa shape index (κ3) is 3.68. The average Bonchev–Trinajstić information content (AvgIpc) is 3.63. The van der Waals surface area contributed by atoms with Crippen LogP contribution >= 0.6 is 0 Å². The van der Waals surface area contributed by atoms with Gasteiger partial charge >= 0.3 is 0 Å². The molecule has 0 saturated carbocycles. The molecule has 36 heavy (non-hydrogen) atoms. The molecule has 1 aromatic carbocycles. The number of carbonyl (C=O) groups is 1. The maximum atomic E-state index is 12.3. The first-order valence-corrected chi connectivity index (χ1v) is 12.7. The zero-order chi connectivity index (χ0) is 25.0. The molecule has 0 bridgehead atoms. The molecule has 1 amide bonds. The predicted molar refractivity (Wildman–Crippen MR) is 135 cm³/mol. The second-order valence-corrected chi connectivity index (χ2v) is 10.2. The molecule has 3 aliphatic heterocycles. The summed E-state index contributed by atoms with van der Waals surface area (Å²) in [4.78, 5) is 16.5. The highest BCUT2D eigenvalue weighted by Crippen LogP contribution is 2.44. The first kappa shape index (κ1) is 22.8. The number of fused-ring (bicyclic) bond motifs is 2. The lowest BCUT2D eigenvalue weighted by molar-refractivity contribution is -0.129. The van der Waals surface area contributed by atoms with Gasteiger partial charge in [-0.3, -0.25) is 14.2 Å². The van der Waals surface area contributed by atoms with Crippen LogP contribution in [0.3, 0.4) is 0 Å². The van der Waals surface area contributed by atoms with E-state index in [-0.39, 0.29) is 11.9 Å². The quantitative estimate of drug-likeness (QED) is 0.562. The highest BCUT2D eigenvalue weighted by Gasteiger charge is 2.35. The van der Waals surface area contributed by atoms with Gasteiger partial charge in [-0.2, -0.15) is 15.5 Å². The molecule has 0 radical (unpaired) electrons. The molecule has 9 heteroatoms. The van der Waals surface area contributed by atoms with Gasteiger partial charge in [0.2, 0.25) is 5.91 Å². The molecule has 2 unspecified atom stereocenters. The summed E-state index contributed by atoms with van der Waals surface area (Å²) in [5.74, 6) is 1.35. The maximum absolute atomic E-state index is 12.3. The summed E-state index contributed by atoms with van der Waals surface area (Å²) in [6, 6.07) is 6.82. The number of amides is 1. The van der Waals surface area contributed by atoms with E-state index in [1.807, 2.05) is 30.4 Å². The maximum Gasteiger partial charge on any atom is 0.219 e. The van der Waals surface area contributed by atoms with E-state index in [2.05, 4.69) is 33.7 Å². The Morgan fingerprint density at radius 2 is 2.11 bits per heavy atom. The summed E-state index contributed by atoms with van der Waals surface area (Å²) in [7, 11) is 1.89. The van der Waals surface area contributed by atoms with Crippen molar-refractivity contribution in [2.45, 2.75) is 51.6 Å². The van der Waals surface area contributed by atoms with Crippen LogP contribution in [0, 0.1) is 11.3 Å². The number of rotatable bonds is 3. The van der Waals surface area contributed by atoms with Crippen molar-refractivity contribution in [3.8, 4) is 17.2 Å². The van der Waals surface area contributed by atoms with E-state index in [9.17, 15) is 10.1 Å². The molecule has 2 atom stereocenters. The molecule has 0 spiro atoms. The van der Waals surface area contributed by atoms with Gasteiger partial charge in [-0.1, -0.05) is 6.92 Å². The summed E-state index contributed by atoms with van der Waals surface area (Å²) in [5.41, 5.74) is 7.07. The SMILES string of the molecule is CC(=O)N1CCc2c(c(N3CCC(C)c4cc(-c5cnn(C)c5)c(C#N)cc43)nn2C2CCOC2)C1. The summed E-state index contributed by atoms with van der Waals surface area (Å²) in [6.45, 7) is 7.39. The number of ether oxygens (including phenoxy) is 1. The molecule has 1 saturated heterocycles. The van der Waals surface area contributed by atoms with Crippen molar-refractivity contribution in [3.05, 3.63) is 46.9 Å². The number of aromatic nitrogens is 4. The van der Waals surface area contributed by atoms with E-state index in [4.69, 9.17) is 9.84 Å². The van der Waals surface area contributed by atoms with Crippen LogP contribution in [-0.4, -0.2) is 56.7 Å². The Bertz CT molecular complexity index is 1380. The van der Waals surface area contributed by atoms with Crippen LogP contribution in [0.5, 0.6) is 0 Å². The molecule has 1 fully saturated rings. The van der Waals surface area contributed by atoms with Gasteiger partial charge in [0.1, 0.15) is 0 Å². The minimum absolute atomic E-state index is 0.0871. The summed E-state index contributed by atoms with van der Waals surface area (Å²) in [5, 5.41) is 19.6. The Labute approximate surface area is 210 Å². The minimum Gasteiger partial charge on any atom is -0.379 e. The van der Waals surface area contributed by atoms with Gasteiger partial charge in [-0.25, -0.2) is 0 Å². The average molecular weight is 486 g/mol. The molecular weight excluding hydrogens is 454 g/mol. The monoisotopic (exact) mass is 485 g/mol. The van der Waals surface area contributed by atoms with E-state index in [1.165, 1.54) is 11.3 Å². The minimum atomic E-state index is 0.0871. The first-order valence-electron chi connectivity index (χ1n) is 12.7. The zero-order valence-electron chi connectivity index (χ0n) is 21.1. The summed E-state index contributed by atoms with van der Waals surface area (Å²) < 4.78 is 9.62. The van der Waals surface area contributed by atoms with Gasteiger partial charge in [0.25, 0.3) is 0 Å². The Kier molecular flexibility index (Phi) is 5.56. The number of hydrogen-bond donors (Lipinski definition) is 0. The predicted octanol–water partition coefficient (Wildman–Crippen LogP) is 3.67. The second-order valence-electron chi connectivity index (χ2n) is 10.2. The van der Waals surface area contributed by atoms with Gasteiger partial charge in [0.05, 0.1) is 37.0 Å². The summed E-state index contributed by atoms with van der Waals surface area (Å²) in [6.07, 6.45) is 6.48. The third-order valence-corrected chi connectivity index (χ3v) is 7.93. The van der Waals surface area contributed by atoms with Crippen molar-refractivity contribution in [1.29, 1.82) is 5.26 Å². The van der Waals surface area contributed by atoms with Crippen LogP contribution in [-0.2, 0) is 29.5 Å². The van der Waals surface area contributed by atoms with Crippen molar-refractivity contribution < 1.29 is 9.53 Å².